The van der Waals surface area contributed by atoms with Gasteiger partial charge in [0.1, 0.15) is 0 Å². The van der Waals surface area contributed by atoms with E-state index in [0.717, 1.165) is 38.7 Å². The molecule has 2 aromatic rings. The molecule has 1 aliphatic heterocycles. The number of aromatic nitrogens is 2. The molecule has 1 aromatic heterocycles. The highest BCUT2D eigenvalue weighted by Gasteiger charge is 2.18. The van der Waals surface area contributed by atoms with Crippen LogP contribution in [0.5, 0.6) is 5.88 Å². The van der Waals surface area contributed by atoms with Gasteiger partial charge >= 0.3 is 0 Å². The van der Waals surface area contributed by atoms with Gasteiger partial charge in [-0.25, -0.2) is 4.98 Å². The van der Waals surface area contributed by atoms with Crippen LogP contribution in [-0.2, 0) is 0 Å². The maximum absolute atomic E-state index is 5.16. The molecule has 0 saturated carbocycles. The average molecular weight is 310 g/mol. The quantitative estimate of drug-likeness (QED) is 0.848. The van der Waals surface area contributed by atoms with Gasteiger partial charge in [0.25, 0.3) is 0 Å². The van der Waals surface area contributed by atoms with E-state index in [1.54, 1.807) is 19.4 Å². The lowest BCUT2D eigenvalue weighted by Crippen LogP contribution is -2.46. The molecule has 3 rings (SSSR count). The second-order valence-electron chi connectivity index (χ2n) is 5.50. The minimum Gasteiger partial charge on any atom is -0.481 e. The first-order chi connectivity index (χ1) is 11.3. The molecule has 0 N–H and O–H groups in total. The molecule has 0 atom stereocenters. The molecule has 0 amide bonds. The van der Waals surface area contributed by atoms with Crippen molar-refractivity contribution in [2.24, 2.45) is 0 Å². The van der Waals surface area contributed by atoms with Crippen LogP contribution in [0.25, 0.3) is 6.08 Å². The van der Waals surface area contributed by atoms with Gasteiger partial charge in [-0.15, -0.1) is 0 Å². The van der Waals surface area contributed by atoms with Crippen molar-refractivity contribution in [1.82, 2.24) is 14.9 Å². The molecule has 0 aliphatic carbocycles. The Morgan fingerprint density at radius 3 is 2.61 bits per heavy atom. The molecule has 1 aliphatic rings. The Hall–Kier alpha value is -2.40. The molecule has 5 heteroatoms. The van der Waals surface area contributed by atoms with Gasteiger partial charge in [-0.05, 0) is 5.56 Å². The Kier molecular flexibility index (Phi) is 5.21. The predicted octanol–water partition coefficient (Wildman–Crippen LogP) is 2.32. The normalized spacial score (nSPS) is 16.0. The number of anilines is 1. The summed E-state index contributed by atoms with van der Waals surface area (Å²) in [4.78, 5) is 13.4. The smallest absolute Gasteiger partial charge is 0.228 e. The molecular weight excluding hydrogens is 288 g/mol. The minimum absolute atomic E-state index is 0.614. The summed E-state index contributed by atoms with van der Waals surface area (Å²) in [6.07, 6.45) is 6.15. The van der Waals surface area contributed by atoms with E-state index in [1.807, 2.05) is 6.07 Å². The highest BCUT2D eigenvalue weighted by molar-refractivity contribution is 5.48. The largest absolute Gasteiger partial charge is 0.481 e. The molecule has 1 fully saturated rings. The Labute approximate surface area is 137 Å². The first kappa shape index (κ1) is 15.5. The topological polar surface area (TPSA) is 41.5 Å². The number of rotatable bonds is 5. The molecule has 23 heavy (non-hydrogen) atoms. The lowest BCUT2D eigenvalue weighted by Gasteiger charge is -2.34. The van der Waals surface area contributed by atoms with Gasteiger partial charge in [-0.2, -0.15) is 4.98 Å². The van der Waals surface area contributed by atoms with Gasteiger partial charge in [0.05, 0.1) is 7.11 Å². The van der Waals surface area contributed by atoms with E-state index in [1.165, 1.54) is 5.56 Å². The van der Waals surface area contributed by atoms with E-state index in [-0.39, 0.29) is 0 Å². The van der Waals surface area contributed by atoms with Gasteiger partial charge < -0.3 is 9.64 Å². The number of hydrogen-bond donors (Lipinski definition) is 0. The van der Waals surface area contributed by atoms with Crippen molar-refractivity contribution < 1.29 is 4.74 Å². The fraction of sp³-hybridized carbons (Fsp3) is 0.333. The number of piperazine rings is 1. The highest BCUT2D eigenvalue weighted by Crippen LogP contribution is 2.14. The number of benzene rings is 1. The summed E-state index contributed by atoms with van der Waals surface area (Å²) in [5.74, 6) is 1.37. The third-order valence-corrected chi connectivity index (χ3v) is 3.96. The molecule has 5 nitrogen and oxygen atoms in total. The Bertz CT molecular complexity index is 636. The fourth-order valence-corrected chi connectivity index (χ4v) is 2.63. The zero-order chi connectivity index (χ0) is 15.9. The average Bonchev–Trinajstić information content (AvgIpc) is 2.63. The molecule has 0 spiro atoms. The monoisotopic (exact) mass is 310 g/mol. The van der Waals surface area contributed by atoms with Crippen LogP contribution in [-0.4, -0.2) is 54.7 Å². The van der Waals surface area contributed by atoms with Gasteiger partial charge in [0.2, 0.25) is 11.8 Å². The van der Waals surface area contributed by atoms with Crippen molar-refractivity contribution in [3.8, 4) is 5.88 Å². The molecule has 1 aromatic carbocycles. The van der Waals surface area contributed by atoms with E-state index in [4.69, 9.17) is 4.74 Å². The van der Waals surface area contributed by atoms with Crippen molar-refractivity contribution in [1.29, 1.82) is 0 Å². The van der Waals surface area contributed by atoms with E-state index in [2.05, 4.69) is 56.2 Å². The number of nitrogens with zero attached hydrogens (tertiary/aromatic N) is 4. The first-order valence-corrected chi connectivity index (χ1v) is 7.91. The fourth-order valence-electron chi connectivity index (χ4n) is 2.63. The number of methoxy groups -OCH3 is 1. The van der Waals surface area contributed by atoms with Crippen molar-refractivity contribution >= 4 is 12.0 Å². The molecule has 0 bridgehead atoms. The zero-order valence-electron chi connectivity index (χ0n) is 13.4. The van der Waals surface area contributed by atoms with Gasteiger partial charge in [-0.3, -0.25) is 4.90 Å². The van der Waals surface area contributed by atoms with Crippen molar-refractivity contribution in [2.45, 2.75) is 0 Å². The third kappa shape index (κ3) is 4.29. The standard InChI is InChI=1S/C18H22N4O/c1-23-17-9-10-19-18(20-17)22-14-12-21(13-15-22)11-5-8-16-6-3-2-4-7-16/h2-10H,11-15H2,1H3. The summed E-state index contributed by atoms with van der Waals surface area (Å²) in [5.41, 5.74) is 1.25. The Balaban J connectivity index is 1.49. The maximum Gasteiger partial charge on any atom is 0.228 e. The first-order valence-electron chi connectivity index (χ1n) is 7.91. The van der Waals surface area contributed by atoms with E-state index in [9.17, 15) is 0 Å². The maximum atomic E-state index is 5.16. The lowest BCUT2D eigenvalue weighted by molar-refractivity contribution is 0.282. The molecule has 0 unspecified atom stereocenters. The van der Waals surface area contributed by atoms with Crippen LogP contribution in [0.15, 0.2) is 48.7 Å². The van der Waals surface area contributed by atoms with Gasteiger partial charge in [-0.1, -0.05) is 42.5 Å². The summed E-state index contributed by atoms with van der Waals surface area (Å²) in [7, 11) is 1.63. The van der Waals surface area contributed by atoms with Crippen LogP contribution in [0.1, 0.15) is 5.56 Å². The molecule has 2 heterocycles. The number of hydrogen-bond acceptors (Lipinski definition) is 5. The summed E-state index contributed by atoms with van der Waals surface area (Å²) in [6.45, 7) is 4.87. The van der Waals surface area contributed by atoms with E-state index < -0.39 is 0 Å². The zero-order valence-corrected chi connectivity index (χ0v) is 13.4. The molecule has 0 radical (unpaired) electrons. The van der Waals surface area contributed by atoms with Crippen LogP contribution >= 0.6 is 0 Å². The van der Waals surface area contributed by atoms with Crippen LogP contribution in [0, 0.1) is 0 Å². The summed E-state index contributed by atoms with van der Waals surface area (Å²) < 4.78 is 5.16. The summed E-state index contributed by atoms with van der Waals surface area (Å²) >= 11 is 0. The second-order valence-corrected chi connectivity index (χ2v) is 5.50. The van der Waals surface area contributed by atoms with Crippen molar-refractivity contribution in [3.63, 3.8) is 0 Å². The predicted molar refractivity (Wildman–Crippen MR) is 92.7 cm³/mol. The van der Waals surface area contributed by atoms with E-state index in [0.29, 0.717) is 5.88 Å². The van der Waals surface area contributed by atoms with Crippen LogP contribution in [0.2, 0.25) is 0 Å². The minimum atomic E-state index is 0.614. The Morgan fingerprint density at radius 1 is 1.09 bits per heavy atom. The Morgan fingerprint density at radius 2 is 1.87 bits per heavy atom. The van der Waals surface area contributed by atoms with Crippen molar-refractivity contribution in [3.05, 3.63) is 54.2 Å². The lowest BCUT2D eigenvalue weighted by atomic mass is 10.2. The van der Waals surface area contributed by atoms with Gasteiger partial charge in [0.15, 0.2) is 0 Å². The van der Waals surface area contributed by atoms with Crippen LogP contribution in [0.4, 0.5) is 5.95 Å². The van der Waals surface area contributed by atoms with Crippen LogP contribution in [0.3, 0.4) is 0 Å². The third-order valence-electron chi connectivity index (χ3n) is 3.96. The van der Waals surface area contributed by atoms with Crippen LogP contribution < -0.4 is 9.64 Å². The number of ether oxygens (including phenoxy) is 1. The van der Waals surface area contributed by atoms with Gasteiger partial charge in [0, 0.05) is 45.0 Å². The highest BCUT2D eigenvalue weighted by atomic mass is 16.5. The second kappa shape index (κ2) is 7.74. The molecule has 120 valence electrons. The molecule has 1 saturated heterocycles. The summed E-state index contributed by atoms with van der Waals surface area (Å²) in [5, 5.41) is 0. The molecular formula is C18H22N4O. The summed E-state index contributed by atoms with van der Waals surface area (Å²) in [6, 6.07) is 12.2. The van der Waals surface area contributed by atoms with Crippen molar-refractivity contribution in [2.75, 3.05) is 44.7 Å². The van der Waals surface area contributed by atoms with E-state index >= 15 is 0 Å². The SMILES string of the molecule is COc1ccnc(N2CCN(CC=Cc3ccccc3)CC2)n1.